The second kappa shape index (κ2) is 6.56. The molecular weight excluding hydrogens is 304 g/mol. The fraction of sp³-hybridized carbons (Fsp3) is 0.533. The zero-order chi connectivity index (χ0) is 16.3. The molecule has 1 aromatic rings. The van der Waals surface area contributed by atoms with Gasteiger partial charge in [-0.1, -0.05) is 6.07 Å². The van der Waals surface area contributed by atoms with Crippen LogP contribution in [0.4, 0.5) is 5.69 Å². The second-order valence-electron chi connectivity index (χ2n) is 5.49. The number of carbonyl (C=O) groups is 1. The van der Waals surface area contributed by atoms with E-state index in [1.165, 1.54) is 6.92 Å². The molecule has 1 amide bonds. The normalized spacial score (nSPS) is 17.2. The number of methoxy groups -OCH3 is 1. The monoisotopic (exact) mass is 326 g/mol. The predicted molar refractivity (Wildman–Crippen MR) is 86.1 cm³/mol. The van der Waals surface area contributed by atoms with Crippen molar-refractivity contribution in [3.8, 4) is 5.75 Å². The van der Waals surface area contributed by atoms with Crippen molar-refractivity contribution in [2.75, 3.05) is 44.4 Å². The molecule has 1 saturated heterocycles. The molecule has 0 aliphatic carbocycles. The number of amides is 1. The molecule has 1 atom stereocenters. The summed E-state index contributed by atoms with van der Waals surface area (Å²) in [5.74, 6) is 0.481. The van der Waals surface area contributed by atoms with E-state index >= 15 is 0 Å². The van der Waals surface area contributed by atoms with E-state index in [1.807, 2.05) is 24.3 Å². The third kappa shape index (κ3) is 3.71. The van der Waals surface area contributed by atoms with Crippen molar-refractivity contribution in [1.82, 2.24) is 4.90 Å². The molecule has 1 aromatic carbocycles. The minimum Gasteiger partial charge on any atom is -0.497 e. The summed E-state index contributed by atoms with van der Waals surface area (Å²) in [5.41, 5.74) is 1.04. The fourth-order valence-electron chi connectivity index (χ4n) is 2.43. The Kier molecular flexibility index (Phi) is 4.95. The molecule has 1 aliphatic heterocycles. The molecule has 122 valence electrons. The number of sulfone groups is 1. The topological polar surface area (TPSA) is 66.9 Å². The summed E-state index contributed by atoms with van der Waals surface area (Å²) >= 11 is 0. The van der Waals surface area contributed by atoms with Crippen molar-refractivity contribution in [3.63, 3.8) is 0 Å². The first-order valence-electron chi connectivity index (χ1n) is 7.19. The van der Waals surface area contributed by atoms with Crippen LogP contribution in [0.5, 0.6) is 5.75 Å². The number of benzene rings is 1. The molecule has 0 unspecified atom stereocenters. The smallest absolute Gasteiger partial charge is 0.240 e. The van der Waals surface area contributed by atoms with Crippen molar-refractivity contribution in [2.45, 2.75) is 12.2 Å². The third-order valence-electron chi connectivity index (χ3n) is 4.00. The zero-order valence-electron chi connectivity index (χ0n) is 13.2. The van der Waals surface area contributed by atoms with E-state index in [0.717, 1.165) is 17.7 Å². The van der Waals surface area contributed by atoms with Crippen LogP contribution in [0.2, 0.25) is 0 Å². The highest BCUT2D eigenvalue weighted by molar-refractivity contribution is 7.92. The Labute approximate surface area is 131 Å². The molecule has 1 fully saturated rings. The molecule has 0 N–H and O–H groups in total. The van der Waals surface area contributed by atoms with Crippen LogP contribution >= 0.6 is 0 Å². The molecular formula is C15H22N2O4S. The fourth-order valence-corrected chi connectivity index (χ4v) is 2.95. The number of nitrogens with zero attached hydrogens (tertiary/aromatic N) is 2. The van der Waals surface area contributed by atoms with E-state index in [9.17, 15) is 13.2 Å². The van der Waals surface area contributed by atoms with E-state index < -0.39 is 15.1 Å². The van der Waals surface area contributed by atoms with E-state index in [4.69, 9.17) is 4.74 Å². The van der Waals surface area contributed by atoms with Gasteiger partial charge < -0.3 is 14.5 Å². The zero-order valence-corrected chi connectivity index (χ0v) is 14.0. The molecule has 7 heteroatoms. The lowest BCUT2D eigenvalue weighted by Crippen LogP contribution is -2.52. The quantitative estimate of drug-likeness (QED) is 0.818. The van der Waals surface area contributed by atoms with Gasteiger partial charge in [0, 0.05) is 44.2 Å². The van der Waals surface area contributed by atoms with Crippen molar-refractivity contribution in [1.29, 1.82) is 0 Å². The number of anilines is 1. The van der Waals surface area contributed by atoms with E-state index in [0.29, 0.717) is 26.2 Å². The molecule has 0 spiro atoms. The summed E-state index contributed by atoms with van der Waals surface area (Å²) in [6.45, 7) is 3.85. The van der Waals surface area contributed by atoms with Crippen LogP contribution in [0.1, 0.15) is 6.92 Å². The van der Waals surface area contributed by atoms with Crippen LogP contribution in [0.3, 0.4) is 0 Å². The molecule has 0 bridgehead atoms. The maximum absolute atomic E-state index is 12.2. The third-order valence-corrected chi connectivity index (χ3v) is 5.49. The Hall–Kier alpha value is -1.76. The van der Waals surface area contributed by atoms with Crippen molar-refractivity contribution >= 4 is 21.4 Å². The Balaban J connectivity index is 1.99. The minimum absolute atomic E-state index is 0.312. The Morgan fingerprint density at radius 3 is 2.41 bits per heavy atom. The van der Waals surface area contributed by atoms with E-state index in [1.54, 1.807) is 12.0 Å². The molecule has 0 aromatic heterocycles. The second-order valence-corrected chi connectivity index (χ2v) is 7.85. The Bertz CT molecular complexity index is 637. The lowest BCUT2D eigenvalue weighted by molar-refractivity contribution is -0.130. The standard InChI is InChI=1S/C15H22N2O4S/c1-12(22(3,19)20)15(18)17-9-7-16(8-10-17)13-5-4-6-14(11-13)21-2/h4-6,11-12H,7-10H2,1-3H3/t12-/m1/s1. The number of piperazine rings is 1. The first kappa shape index (κ1) is 16.6. The average molecular weight is 326 g/mol. The van der Waals surface area contributed by atoms with Gasteiger partial charge in [0.25, 0.3) is 0 Å². The largest absolute Gasteiger partial charge is 0.497 e. The van der Waals surface area contributed by atoms with Crippen molar-refractivity contribution < 1.29 is 17.9 Å². The van der Waals surface area contributed by atoms with E-state index in [2.05, 4.69) is 4.90 Å². The van der Waals surface area contributed by atoms with Crippen molar-refractivity contribution in [2.24, 2.45) is 0 Å². The molecule has 2 rings (SSSR count). The highest BCUT2D eigenvalue weighted by atomic mass is 32.2. The molecule has 6 nitrogen and oxygen atoms in total. The Morgan fingerprint density at radius 1 is 1.23 bits per heavy atom. The molecule has 0 saturated carbocycles. The maximum Gasteiger partial charge on any atom is 0.240 e. The van der Waals surface area contributed by atoms with Crippen LogP contribution < -0.4 is 9.64 Å². The van der Waals surface area contributed by atoms with Gasteiger partial charge >= 0.3 is 0 Å². The summed E-state index contributed by atoms with van der Waals surface area (Å²) in [5, 5.41) is -0.976. The Morgan fingerprint density at radius 2 is 1.86 bits per heavy atom. The van der Waals surface area contributed by atoms with Gasteiger partial charge in [-0.3, -0.25) is 4.79 Å². The van der Waals surface area contributed by atoms with Gasteiger partial charge in [-0.2, -0.15) is 0 Å². The van der Waals surface area contributed by atoms with Crippen LogP contribution in [0.25, 0.3) is 0 Å². The summed E-state index contributed by atoms with van der Waals surface area (Å²) in [6.07, 6.45) is 1.10. The van der Waals surface area contributed by atoms with Crippen LogP contribution in [0.15, 0.2) is 24.3 Å². The maximum atomic E-state index is 12.2. The van der Waals surface area contributed by atoms with Gasteiger partial charge in [0.05, 0.1) is 7.11 Å². The van der Waals surface area contributed by atoms with Crippen LogP contribution in [0, 0.1) is 0 Å². The number of hydrogen-bond acceptors (Lipinski definition) is 5. The first-order chi connectivity index (χ1) is 10.3. The van der Waals surface area contributed by atoms with Crippen LogP contribution in [-0.4, -0.2) is 64.0 Å². The van der Waals surface area contributed by atoms with Gasteiger partial charge in [-0.15, -0.1) is 0 Å². The number of ether oxygens (including phenoxy) is 1. The molecule has 1 aliphatic rings. The van der Waals surface area contributed by atoms with Gasteiger partial charge in [0.1, 0.15) is 11.0 Å². The van der Waals surface area contributed by atoms with Gasteiger partial charge in [0.2, 0.25) is 5.91 Å². The predicted octanol–water partition coefficient (Wildman–Crippen LogP) is 0.777. The average Bonchev–Trinajstić information content (AvgIpc) is 2.53. The van der Waals surface area contributed by atoms with Crippen LogP contribution in [-0.2, 0) is 14.6 Å². The summed E-state index contributed by atoms with van der Waals surface area (Å²) < 4.78 is 28.2. The van der Waals surface area contributed by atoms with E-state index in [-0.39, 0.29) is 5.91 Å². The molecule has 22 heavy (non-hydrogen) atoms. The van der Waals surface area contributed by atoms with Gasteiger partial charge in [0.15, 0.2) is 9.84 Å². The lowest BCUT2D eigenvalue weighted by Gasteiger charge is -2.37. The number of carbonyl (C=O) groups excluding carboxylic acids is 1. The van der Waals surface area contributed by atoms with Gasteiger partial charge in [-0.25, -0.2) is 8.42 Å². The summed E-state index contributed by atoms with van der Waals surface area (Å²) in [6, 6.07) is 7.77. The SMILES string of the molecule is COc1cccc(N2CCN(C(=O)[C@@H](C)S(C)(=O)=O)CC2)c1. The lowest BCUT2D eigenvalue weighted by atomic mass is 10.2. The van der Waals surface area contributed by atoms with Gasteiger partial charge in [-0.05, 0) is 19.1 Å². The molecule has 1 heterocycles. The minimum atomic E-state index is -3.35. The summed E-state index contributed by atoms with van der Waals surface area (Å²) in [4.78, 5) is 16.0. The molecule has 0 radical (unpaired) electrons. The number of hydrogen-bond donors (Lipinski definition) is 0. The van der Waals surface area contributed by atoms with Crippen molar-refractivity contribution in [3.05, 3.63) is 24.3 Å². The highest BCUT2D eigenvalue weighted by Crippen LogP contribution is 2.22. The number of rotatable bonds is 4. The summed E-state index contributed by atoms with van der Waals surface area (Å²) in [7, 11) is -1.72. The highest BCUT2D eigenvalue weighted by Gasteiger charge is 2.30. The first-order valence-corrected chi connectivity index (χ1v) is 9.15.